The maximum Gasteiger partial charge on any atom is 0.153 e. The zero-order valence-electron chi connectivity index (χ0n) is 7.88. The van der Waals surface area contributed by atoms with Crippen molar-refractivity contribution in [2.75, 3.05) is 5.32 Å². The lowest BCUT2D eigenvalue weighted by molar-refractivity contribution is 1.04. The van der Waals surface area contributed by atoms with Crippen molar-refractivity contribution in [1.29, 1.82) is 5.26 Å². The van der Waals surface area contributed by atoms with Crippen molar-refractivity contribution in [2.24, 2.45) is 0 Å². The molecule has 15 heavy (non-hydrogen) atoms. The molecule has 0 fully saturated rings. The Bertz CT molecular complexity index is 470. The lowest BCUT2D eigenvalue weighted by Gasteiger charge is -2.03. The van der Waals surface area contributed by atoms with Crippen LogP contribution in [0, 0.1) is 11.3 Å². The molecule has 0 spiro atoms. The summed E-state index contributed by atoms with van der Waals surface area (Å²) in [6, 6.07) is 12.8. The summed E-state index contributed by atoms with van der Waals surface area (Å²) in [7, 11) is 0. The van der Waals surface area contributed by atoms with Crippen LogP contribution < -0.4 is 5.32 Å². The average Bonchev–Trinajstić information content (AvgIpc) is 2.31. The Balaban J connectivity index is 2.16. The number of nitrogens with one attached hydrogen (secondary N) is 1. The highest BCUT2D eigenvalue weighted by molar-refractivity contribution is 5.56. The standard InChI is InChI=1S/C11H8N4/c12-8-9-3-5-10(6-4-9)14-11-2-1-7-13-15-11/h1-7H,(H,14,15). The molecule has 0 atom stereocenters. The second kappa shape index (κ2) is 4.20. The number of hydrogen-bond acceptors (Lipinski definition) is 4. The van der Waals surface area contributed by atoms with E-state index in [2.05, 4.69) is 21.6 Å². The van der Waals surface area contributed by atoms with Crippen LogP contribution in [-0.4, -0.2) is 10.2 Å². The minimum Gasteiger partial charge on any atom is -0.339 e. The lowest BCUT2D eigenvalue weighted by atomic mass is 10.2. The molecule has 2 aromatic rings. The van der Waals surface area contributed by atoms with Crippen LogP contribution in [0.4, 0.5) is 11.5 Å². The van der Waals surface area contributed by atoms with E-state index in [9.17, 15) is 0 Å². The maximum absolute atomic E-state index is 8.63. The summed E-state index contributed by atoms with van der Waals surface area (Å²) in [6.45, 7) is 0. The van der Waals surface area contributed by atoms with Gasteiger partial charge in [-0.2, -0.15) is 10.4 Å². The molecule has 2 rings (SSSR count). The Labute approximate surface area is 87.2 Å². The Kier molecular flexibility index (Phi) is 2.56. The molecule has 1 heterocycles. The molecule has 0 aliphatic heterocycles. The average molecular weight is 196 g/mol. The van der Waals surface area contributed by atoms with Gasteiger partial charge in [-0.05, 0) is 36.4 Å². The van der Waals surface area contributed by atoms with Gasteiger partial charge in [-0.1, -0.05) is 0 Å². The smallest absolute Gasteiger partial charge is 0.153 e. The molecule has 1 N–H and O–H groups in total. The van der Waals surface area contributed by atoms with Crippen molar-refractivity contribution >= 4 is 11.5 Å². The zero-order chi connectivity index (χ0) is 10.5. The normalized spacial score (nSPS) is 9.27. The van der Waals surface area contributed by atoms with Gasteiger partial charge in [0.15, 0.2) is 5.82 Å². The van der Waals surface area contributed by atoms with Crippen LogP contribution in [0.2, 0.25) is 0 Å². The topological polar surface area (TPSA) is 61.6 Å². The first-order valence-corrected chi connectivity index (χ1v) is 4.43. The summed E-state index contributed by atoms with van der Waals surface area (Å²) in [4.78, 5) is 0. The largest absolute Gasteiger partial charge is 0.339 e. The minimum atomic E-state index is 0.639. The first-order valence-electron chi connectivity index (χ1n) is 4.43. The van der Waals surface area contributed by atoms with Gasteiger partial charge < -0.3 is 5.32 Å². The highest BCUT2D eigenvalue weighted by Crippen LogP contribution is 2.13. The van der Waals surface area contributed by atoms with Gasteiger partial charge in [0.05, 0.1) is 11.6 Å². The summed E-state index contributed by atoms with van der Waals surface area (Å²) in [5.41, 5.74) is 1.52. The molecule has 0 aliphatic rings. The monoisotopic (exact) mass is 196 g/mol. The fourth-order valence-corrected chi connectivity index (χ4v) is 1.14. The van der Waals surface area contributed by atoms with Crippen LogP contribution in [0.5, 0.6) is 0 Å². The number of anilines is 2. The number of rotatable bonds is 2. The SMILES string of the molecule is N#Cc1ccc(Nc2cccnn2)cc1. The molecule has 1 aromatic heterocycles. The summed E-state index contributed by atoms with van der Waals surface area (Å²) >= 11 is 0. The molecular weight excluding hydrogens is 188 g/mol. The number of aromatic nitrogens is 2. The molecule has 0 saturated heterocycles. The molecule has 0 saturated carbocycles. The van der Waals surface area contributed by atoms with Gasteiger partial charge in [-0.25, -0.2) is 0 Å². The van der Waals surface area contributed by atoms with E-state index in [4.69, 9.17) is 5.26 Å². The Morgan fingerprint density at radius 3 is 2.53 bits per heavy atom. The molecular formula is C11H8N4. The second-order valence-electron chi connectivity index (χ2n) is 2.92. The predicted octanol–water partition coefficient (Wildman–Crippen LogP) is 2.09. The van der Waals surface area contributed by atoms with E-state index in [0.29, 0.717) is 11.4 Å². The van der Waals surface area contributed by atoms with Crippen LogP contribution in [0.3, 0.4) is 0 Å². The van der Waals surface area contributed by atoms with Crippen LogP contribution in [-0.2, 0) is 0 Å². The van der Waals surface area contributed by atoms with Crippen LogP contribution in [0.15, 0.2) is 42.6 Å². The van der Waals surface area contributed by atoms with Crippen LogP contribution in [0.25, 0.3) is 0 Å². The molecule has 0 amide bonds. The number of hydrogen-bond donors (Lipinski definition) is 1. The highest BCUT2D eigenvalue weighted by atomic mass is 15.2. The van der Waals surface area contributed by atoms with E-state index in [1.807, 2.05) is 18.2 Å². The van der Waals surface area contributed by atoms with Gasteiger partial charge in [0.1, 0.15) is 0 Å². The van der Waals surface area contributed by atoms with Crippen molar-refractivity contribution in [3.8, 4) is 6.07 Å². The van der Waals surface area contributed by atoms with Gasteiger partial charge in [-0.15, -0.1) is 5.10 Å². The fourth-order valence-electron chi connectivity index (χ4n) is 1.14. The summed E-state index contributed by atoms with van der Waals surface area (Å²) in [5.74, 6) is 0.683. The van der Waals surface area contributed by atoms with Crippen molar-refractivity contribution in [1.82, 2.24) is 10.2 Å². The molecule has 4 nitrogen and oxygen atoms in total. The first-order chi connectivity index (χ1) is 7.38. The Hall–Kier alpha value is -2.41. The lowest BCUT2D eigenvalue weighted by Crippen LogP contribution is -1.93. The molecule has 72 valence electrons. The fraction of sp³-hybridized carbons (Fsp3) is 0. The first kappa shape index (κ1) is 9.16. The van der Waals surface area contributed by atoms with E-state index in [1.165, 1.54) is 0 Å². The van der Waals surface area contributed by atoms with Gasteiger partial charge in [-0.3, -0.25) is 0 Å². The highest BCUT2D eigenvalue weighted by Gasteiger charge is 1.95. The van der Waals surface area contributed by atoms with Crippen LogP contribution in [0.1, 0.15) is 5.56 Å². The zero-order valence-corrected chi connectivity index (χ0v) is 7.88. The maximum atomic E-state index is 8.63. The Morgan fingerprint density at radius 1 is 1.13 bits per heavy atom. The quantitative estimate of drug-likeness (QED) is 0.798. The van der Waals surface area contributed by atoms with Crippen molar-refractivity contribution < 1.29 is 0 Å². The Morgan fingerprint density at radius 2 is 1.93 bits per heavy atom. The van der Waals surface area contributed by atoms with E-state index in [1.54, 1.807) is 24.4 Å². The van der Waals surface area contributed by atoms with Gasteiger partial charge in [0.25, 0.3) is 0 Å². The van der Waals surface area contributed by atoms with E-state index >= 15 is 0 Å². The van der Waals surface area contributed by atoms with Crippen molar-refractivity contribution in [3.05, 3.63) is 48.2 Å². The summed E-state index contributed by atoms with van der Waals surface area (Å²) in [5, 5.41) is 19.3. The van der Waals surface area contributed by atoms with Crippen LogP contribution >= 0.6 is 0 Å². The molecule has 0 aliphatic carbocycles. The third-order valence-electron chi connectivity index (χ3n) is 1.86. The third kappa shape index (κ3) is 2.29. The number of nitrogens with zero attached hydrogens (tertiary/aromatic N) is 3. The number of benzene rings is 1. The molecule has 0 bridgehead atoms. The number of nitriles is 1. The van der Waals surface area contributed by atoms with Crippen molar-refractivity contribution in [2.45, 2.75) is 0 Å². The third-order valence-corrected chi connectivity index (χ3v) is 1.86. The molecule has 4 heteroatoms. The van der Waals surface area contributed by atoms with Crippen molar-refractivity contribution in [3.63, 3.8) is 0 Å². The van der Waals surface area contributed by atoms with Gasteiger partial charge in [0, 0.05) is 11.9 Å². The van der Waals surface area contributed by atoms with Gasteiger partial charge >= 0.3 is 0 Å². The minimum absolute atomic E-state index is 0.639. The second-order valence-corrected chi connectivity index (χ2v) is 2.92. The summed E-state index contributed by atoms with van der Waals surface area (Å²) in [6.07, 6.45) is 1.62. The van der Waals surface area contributed by atoms with E-state index < -0.39 is 0 Å². The predicted molar refractivity (Wildman–Crippen MR) is 56.5 cm³/mol. The van der Waals surface area contributed by atoms with Gasteiger partial charge in [0.2, 0.25) is 0 Å². The van der Waals surface area contributed by atoms with E-state index in [0.717, 1.165) is 5.69 Å². The van der Waals surface area contributed by atoms with E-state index in [-0.39, 0.29) is 0 Å². The molecule has 0 unspecified atom stereocenters. The molecule has 1 aromatic carbocycles. The summed E-state index contributed by atoms with van der Waals surface area (Å²) < 4.78 is 0. The molecule has 0 radical (unpaired) electrons.